The lowest BCUT2D eigenvalue weighted by atomic mass is 10.1. The van der Waals surface area contributed by atoms with Gasteiger partial charge in [0.15, 0.2) is 5.65 Å². The van der Waals surface area contributed by atoms with Gasteiger partial charge in [0.2, 0.25) is 0 Å². The van der Waals surface area contributed by atoms with Crippen LogP contribution in [0.25, 0.3) is 16.9 Å². The van der Waals surface area contributed by atoms with E-state index in [0.29, 0.717) is 27.7 Å². The van der Waals surface area contributed by atoms with Gasteiger partial charge < -0.3 is 14.2 Å². The first-order valence-electron chi connectivity index (χ1n) is 6.15. The van der Waals surface area contributed by atoms with Gasteiger partial charge in [-0.3, -0.25) is 0 Å². The maximum Gasteiger partial charge on any atom is 0.339 e. The summed E-state index contributed by atoms with van der Waals surface area (Å²) in [5.41, 5.74) is 1.83. The largest absolute Gasteiger partial charge is 0.496 e. The Kier molecular flexibility index (Phi) is 3.27. The van der Waals surface area contributed by atoms with Gasteiger partial charge in [0.05, 0.1) is 12.8 Å². The predicted molar refractivity (Wildman–Crippen MR) is 79.1 cm³/mol. The van der Waals surface area contributed by atoms with Crippen LogP contribution in [0, 0.1) is 0 Å². The lowest BCUT2D eigenvalue weighted by Gasteiger charge is -2.05. The highest BCUT2D eigenvalue weighted by atomic mass is 35.5. The second-order valence-corrected chi connectivity index (χ2v) is 4.87. The number of imidazole rings is 1. The number of carboxylic acids is 1. The molecule has 21 heavy (non-hydrogen) atoms. The topological polar surface area (TPSA) is 63.8 Å². The third kappa shape index (κ3) is 2.32. The standard InChI is InChI=1S/C15H11ClN2O3/c1-21-13-5-4-9(16)7-11(13)12-8-18-6-2-3-10(15(19)20)14(18)17-12/h2-8H,1H3,(H,19,20). The fourth-order valence-electron chi connectivity index (χ4n) is 2.19. The van der Waals surface area contributed by atoms with E-state index in [1.807, 2.05) is 0 Å². The van der Waals surface area contributed by atoms with Crippen molar-refractivity contribution in [3.05, 3.63) is 53.3 Å². The average Bonchev–Trinajstić information content (AvgIpc) is 2.90. The molecule has 0 unspecified atom stereocenters. The van der Waals surface area contributed by atoms with E-state index in [-0.39, 0.29) is 5.56 Å². The normalized spacial score (nSPS) is 10.8. The molecule has 0 atom stereocenters. The monoisotopic (exact) mass is 302 g/mol. The van der Waals surface area contributed by atoms with Crippen molar-refractivity contribution in [3.8, 4) is 17.0 Å². The molecule has 0 saturated heterocycles. The van der Waals surface area contributed by atoms with Crippen molar-refractivity contribution in [3.63, 3.8) is 0 Å². The number of rotatable bonds is 3. The number of benzene rings is 1. The van der Waals surface area contributed by atoms with Gasteiger partial charge >= 0.3 is 5.97 Å². The number of carbonyl (C=O) groups is 1. The van der Waals surface area contributed by atoms with Crippen molar-refractivity contribution in [1.29, 1.82) is 0 Å². The summed E-state index contributed by atoms with van der Waals surface area (Å²) in [5.74, 6) is -0.393. The molecule has 0 amide bonds. The van der Waals surface area contributed by atoms with Crippen LogP contribution < -0.4 is 4.74 Å². The van der Waals surface area contributed by atoms with Gasteiger partial charge in [-0.15, -0.1) is 0 Å². The molecular weight excluding hydrogens is 292 g/mol. The number of aromatic carboxylic acids is 1. The number of methoxy groups -OCH3 is 1. The molecule has 3 rings (SSSR count). The number of aromatic nitrogens is 2. The minimum Gasteiger partial charge on any atom is -0.496 e. The van der Waals surface area contributed by atoms with Gasteiger partial charge in [-0.25, -0.2) is 9.78 Å². The molecule has 0 aliphatic rings. The van der Waals surface area contributed by atoms with Crippen LogP contribution in [0.5, 0.6) is 5.75 Å². The zero-order valence-corrected chi connectivity index (χ0v) is 11.8. The van der Waals surface area contributed by atoms with Gasteiger partial charge in [-0.05, 0) is 30.3 Å². The van der Waals surface area contributed by atoms with E-state index in [9.17, 15) is 9.90 Å². The maximum absolute atomic E-state index is 11.2. The lowest BCUT2D eigenvalue weighted by molar-refractivity contribution is 0.0698. The number of hydrogen-bond donors (Lipinski definition) is 1. The Morgan fingerprint density at radius 1 is 1.38 bits per heavy atom. The minimum absolute atomic E-state index is 0.143. The van der Waals surface area contributed by atoms with Crippen LogP contribution in [-0.2, 0) is 0 Å². The number of ether oxygens (including phenoxy) is 1. The van der Waals surface area contributed by atoms with Crippen molar-refractivity contribution in [2.24, 2.45) is 0 Å². The van der Waals surface area contributed by atoms with Crippen molar-refractivity contribution in [2.75, 3.05) is 7.11 Å². The molecule has 1 aromatic carbocycles. The van der Waals surface area contributed by atoms with Gasteiger partial charge in [0.25, 0.3) is 0 Å². The average molecular weight is 303 g/mol. The van der Waals surface area contributed by atoms with E-state index in [1.165, 1.54) is 6.07 Å². The summed E-state index contributed by atoms with van der Waals surface area (Å²) >= 11 is 6.02. The first-order valence-corrected chi connectivity index (χ1v) is 6.53. The van der Waals surface area contributed by atoms with Crippen LogP contribution in [0.15, 0.2) is 42.7 Å². The highest BCUT2D eigenvalue weighted by molar-refractivity contribution is 6.31. The van der Waals surface area contributed by atoms with Crippen molar-refractivity contribution in [2.45, 2.75) is 0 Å². The molecule has 2 heterocycles. The first-order chi connectivity index (χ1) is 10.1. The van der Waals surface area contributed by atoms with Crippen molar-refractivity contribution in [1.82, 2.24) is 9.38 Å². The number of pyridine rings is 1. The molecule has 5 nitrogen and oxygen atoms in total. The summed E-state index contributed by atoms with van der Waals surface area (Å²) in [5, 5.41) is 9.77. The van der Waals surface area contributed by atoms with Gasteiger partial charge in [-0.2, -0.15) is 0 Å². The van der Waals surface area contributed by atoms with Crippen LogP contribution in [0.3, 0.4) is 0 Å². The third-order valence-electron chi connectivity index (χ3n) is 3.15. The van der Waals surface area contributed by atoms with Gasteiger partial charge in [0, 0.05) is 23.0 Å². The van der Waals surface area contributed by atoms with Crippen molar-refractivity contribution >= 4 is 23.2 Å². The number of hydrogen-bond acceptors (Lipinski definition) is 3. The summed E-state index contributed by atoms with van der Waals surface area (Å²) < 4.78 is 6.97. The van der Waals surface area contributed by atoms with Gasteiger partial charge in [-0.1, -0.05) is 11.6 Å². The highest BCUT2D eigenvalue weighted by Gasteiger charge is 2.15. The van der Waals surface area contributed by atoms with Gasteiger partial charge in [0.1, 0.15) is 11.3 Å². The summed E-state index contributed by atoms with van der Waals surface area (Å²) in [6.45, 7) is 0. The van der Waals surface area contributed by atoms with Crippen LogP contribution in [0.2, 0.25) is 5.02 Å². The molecule has 2 aromatic heterocycles. The minimum atomic E-state index is -1.02. The van der Waals surface area contributed by atoms with Crippen LogP contribution in [0.4, 0.5) is 0 Å². The predicted octanol–water partition coefficient (Wildman–Crippen LogP) is 3.36. The summed E-state index contributed by atoms with van der Waals surface area (Å²) in [6, 6.07) is 8.39. The fourth-order valence-corrected chi connectivity index (χ4v) is 2.36. The molecule has 0 fully saturated rings. The van der Waals surface area contributed by atoms with E-state index in [4.69, 9.17) is 16.3 Å². The van der Waals surface area contributed by atoms with Crippen LogP contribution in [0.1, 0.15) is 10.4 Å². The molecule has 0 aliphatic heterocycles. The molecular formula is C15H11ClN2O3. The number of halogens is 1. The Morgan fingerprint density at radius 2 is 2.19 bits per heavy atom. The summed E-state index contributed by atoms with van der Waals surface area (Å²) in [4.78, 5) is 15.6. The third-order valence-corrected chi connectivity index (χ3v) is 3.39. The molecule has 0 radical (unpaired) electrons. The molecule has 6 heteroatoms. The van der Waals surface area contributed by atoms with E-state index in [1.54, 1.807) is 48.2 Å². The summed E-state index contributed by atoms with van der Waals surface area (Å²) in [7, 11) is 1.56. The van der Waals surface area contributed by atoms with Crippen molar-refractivity contribution < 1.29 is 14.6 Å². The van der Waals surface area contributed by atoms with Crippen LogP contribution in [-0.4, -0.2) is 27.6 Å². The Hall–Kier alpha value is -2.53. The molecule has 0 aliphatic carbocycles. The Balaban J connectivity index is 2.25. The molecule has 0 bridgehead atoms. The molecule has 106 valence electrons. The second kappa shape index (κ2) is 5.10. The maximum atomic E-state index is 11.2. The van der Waals surface area contributed by atoms with E-state index in [0.717, 1.165) is 0 Å². The lowest BCUT2D eigenvalue weighted by Crippen LogP contribution is -1.99. The van der Waals surface area contributed by atoms with Crippen LogP contribution >= 0.6 is 11.6 Å². The molecule has 1 N–H and O–H groups in total. The Labute approximate surface area is 125 Å². The SMILES string of the molecule is COc1ccc(Cl)cc1-c1cn2cccc(C(=O)O)c2n1. The van der Waals surface area contributed by atoms with E-state index >= 15 is 0 Å². The molecule has 3 aromatic rings. The smallest absolute Gasteiger partial charge is 0.339 e. The number of fused-ring (bicyclic) bond motifs is 1. The number of carboxylic acid groups (broad SMARTS) is 1. The second-order valence-electron chi connectivity index (χ2n) is 4.43. The number of nitrogens with zero attached hydrogens (tertiary/aromatic N) is 2. The zero-order valence-electron chi connectivity index (χ0n) is 11.1. The molecule has 0 saturated carbocycles. The summed E-state index contributed by atoms with van der Waals surface area (Å²) in [6.07, 6.45) is 3.49. The Morgan fingerprint density at radius 3 is 2.90 bits per heavy atom. The fraction of sp³-hybridized carbons (Fsp3) is 0.0667. The molecule has 0 spiro atoms. The van der Waals surface area contributed by atoms with E-state index in [2.05, 4.69) is 4.98 Å². The highest BCUT2D eigenvalue weighted by Crippen LogP contribution is 2.32. The van der Waals surface area contributed by atoms with E-state index < -0.39 is 5.97 Å². The zero-order chi connectivity index (χ0) is 15.0. The Bertz CT molecular complexity index is 842. The first kappa shape index (κ1) is 13.5. The quantitative estimate of drug-likeness (QED) is 0.805.